The maximum absolute atomic E-state index is 11.1. The lowest BCUT2D eigenvalue weighted by molar-refractivity contribution is -0.117. The normalized spacial score (nSPS) is 17.1. The summed E-state index contributed by atoms with van der Waals surface area (Å²) in [7, 11) is 0. The van der Waals surface area contributed by atoms with E-state index >= 15 is 0 Å². The third kappa shape index (κ3) is 2.03. The molecule has 1 aromatic rings. The zero-order valence-electron chi connectivity index (χ0n) is 8.55. The largest absolute Gasteiger partial charge is 0.343 e. The summed E-state index contributed by atoms with van der Waals surface area (Å²) in [5, 5.41) is 14.2. The van der Waals surface area contributed by atoms with E-state index in [4.69, 9.17) is 0 Å². The standard InChI is InChI=1S/C9H13N5O/c1-3-8(15)10-6(2)9-11-12-13-14(9)7-4-5-7/h3,6-7H,1,4-5H2,2H3,(H,10,15)/t6-/m1/s1. The van der Waals surface area contributed by atoms with Crippen molar-refractivity contribution in [1.29, 1.82) is 0 Å². The van der Waals surface area contributed by atoms with Crippen LogP contribution in [0.5, 0.6) is 0 Å². The fraction of sp³-hybridized carbons (Fsp3) is 0.556. The van der Waals surface area contributed by atoms with Crippen molar-refractivity contribution in [1.82, 2.24) is 25.5 Å². The summed E-state index contributed by atoms with van der Waals surface area (Å²) in [6.45, 7) is 5.25. The molecule has 0 radical (unpaired) electrons. The fourth-order valence-corrected chi connectivity index (χ4v) is 1.40. The van der Waals surface area contributed by atoms with Crippen LogP contribution < -0.4 is 5.32 Å². The molecule has 6 nitrogen and oxygen atoms in total. The summed E-state index contributed by atoms with van der Waals surface area (Å²) in [5.74, 6) is 0.487. The number of amides is 1. The van der Waals surface area contributed by atoms with Crippen molar-refractivity contribution < 1.29 is 4.79 Å². The number of carbonyl (C=O) groups excluding carboxylic acids is 1. The predicted molar refractivity (Wildman–Crippen MR) is 52.8 cm³/mol. The van der Waals surface area contributed by atoms with Crippen molar-refractivity contribution in [2.24, 2.45) is 0 Å². The van der Waals surface area contributed by atoms with Gasteiger partial charge in [-0.05, 0) is 36.3 Å². The van der Waals surface area contributed by atoms with Gasteiger partial charge in [-0.25, -0.2) is 4.68 Å². The van der Waals surface area contributed by atoms with Crippen molar-refractivity contribution in [2.45, 2.75) is 31.8 Å². The van der Waals surface area contributed by atoms with E-state index in [0.29, 0.717) is 11.9 Å². The van der Waals surface area contributed by atoms with Crippen LogP contribution in [0, 0.1) is 0 Å². The summed E-state index contributed by atoms with van der Waals surface area (Å²) >= 11 is 0. The molecular weight excluding hydrogens is 194 g/mol. The van der Waals surface area contributed by atoms with Crippen molar-refractivity contribution in [2.75, 3.05) is 0 Å². The van der Waals surface area contributed by atoms with E-state index in [1.54, 1.807) is 4.68 Å². The molecule has 0 bridgehead atoms. The Morgan fingerprint density at radius 1 is 1.73 bits per heavy atom. The van der Waals surface area contributed by atoms with Gasteiger partial charge in [-0.1, -0.05) is 6.58 Å². The van der Waals surface area contributed by atoms with Crippen LogP contribution in [-0.4, -0.2) is 26.1 Å². The van der Waals surface area contributed by atoms with Gasteiger partial charge in [0.05, 0.1) is 12.1 Å². The minimum absolute atomic E-state index is 0.189. The van der Waals surface area contributed by atoms with E-state index in [1.165, 1.54) is 6.08 Å². The van der Waals surface area contributed by atoms with Crippen LogP contribution in [0.2, 0.25) is 0 Å². The predicted octanol–water partition coefficient (Wildman–Crippen LogP) is 0.371. The van der Waals surface area contributed by atoms with Crippen LogP contribution in [0.1, 0.15) is 37.7 Å². The number of hydrogen-bond acceptors (Lipinski definition) is 4. The number of aromatic nitrogens is 4. The first-order valence-corrected chi connectivity index (χ1v) is 4.93. The Morgan fingerprint density at radius 2 is 2.47 bits per heavy atom. The Bertz CT molecular complexity index is 382. The van der Waals surface area contributed by atoms with Gasteiger partial charge in [0, 0.05) is 0 Å². The molecule has 1 fully saturated rings. The highest BCUT2D eigenvalue weighted by Gasteiger charge is 2.29. The average Bonchev–Trinajstić information content (AvgIpc) is 2.95. The Kier molecular flexibility index (Phi) is 2.49. The van der Waals surface area contributed by atoms with Crippen molar-refractivity contribution in [3.8, 4) is 0 Å². The average molecular weight is 207 g/mol. The second kappa shape index (κ2) is 3.80. The minimum atomic E-state index is -0.215. The van der Waals surface area contributed by atoms with Gasteiger partial charge in [0.2, 0.25) is 5.91 Å². The number of carbonyl (C=O) groups is 1. The van der Waals surface area contributed by atoms with Gasteiger partial charge in [-0.3, -0.25) is 4.79 Å². The van der Waals surface area contributed by atoms with Crippen LogP contribution in [0.4, 0.5) is 0 Å². The van der Waals surface area contributed by atoms with Crippen LogP contribution >= 0.6 is 0 Å². The summed E-state index contributed by atoms with van der Waals surface area (Å²) in [6.07, 6.45) is 3.46. The monoisotopic (exact) mass is 207 g/mol. The van der Waals surface area contributed by atoms with E-state index in [-0.39, 0.29) is 11.9 Å². The Morgan fingerprint density at radius 3 is 3.07 bits per heavy atom. The van der Waals surface area contributed by atoms with Crippen LogP contribution in [-0.2, 0) is 4.79 Å². The highest BCUT2D eigenvalue weighted by Crippen LogP contribution is 2.35. The first-order chi connectivity index (χ1) is 7.22. The summed E-state index contributed by atoms with van der Waals surface area (Å²) in [5.41, 5.74) is 0. The van der Waals surface area contributed by atoms with Gasteiger partial charge in [0.25, 0.3) is 0 Å². The maximum atomic E-state index is 11.1. The van der Waals surface area contributed by atoms with Gasteiger partial charge in [-0.2, -0.15) is 0 Å². The zero-order chi connectivity index (χ0) is 10.8. The third-order valence-corrected chi connectivity index (χ3v) is 2.34. The molecule has 0 aliphatic heterocycles. The molecule has 2 rings (SSSR count). The number of tetrazole rings is 1. The minimum Gasteiger partial charge on any atom is -0.343 e. The maximum Gasteiger partial charge on any atom is 0.243 e. The topological polar surface area (TPSA) is 72.7 Å². The molecule has 1 aliphatic rings. The molecule has 15 heavy (non-hydrogen) atoms. The lowest BCUT2D eigenvalue weighted by Crippen LogP contribution is -2.27. The van der Waals surface area contributed by atoms with E-state index in [1.807, 2.05) is 6.92 Å². The molecule has 1 amide bonds. The van der Waals surface area contributed by atoms with Gasteiger partial charge >= 0.3 is 0 Å². The summed E-state index contributed by atoms with van der Waals surface area (Å²) in [6, 6.07) is 0.226. The number of rotatable bonds is 4. The van der Waals surface area contributed by atoms with Gasteiger partial charge in [0.1, 0.15) is 0 Å². The van der Waals surface area contributed by atoms with Gasteiger partial charge in [0.15, 0.2) is 5.82 Å². The molecule has 1 aliphatic carbocycles. The van der Waals surface area contributed by atoms with Crippen molar-refractivity contribution in [3.63, 3.8) is 0 Å². The lowest BCUT2D eigenvalue weighted by Gasteiger charge is -2.11. The number of nitrogens with one attached hydrogen (secondary N) is 1. The third-order valence-electron chi connectivity index (χ3n) is 2.34. The van der Waals surface area contributed by atoms with Crippen LogP contribution in [0.25, 0.3) is 0 Å². The SMILES string of the molecule is C=CC(=O)N[C@H](C)c1nnnn1C1CC1. The molecule has 0 spiro atoms. The second-order valence-electron chi connectivity index (χ2n) is 3.65. The highest BCUT2D eigenvalue weighted by atomic mass is 16.1. The van der Waals surface area contributed by atoms with E-state index < -0.39 is 0 Å². The Labute approximate surface area is 87.4 Å². The van der Waals surface area contributed by atoms with Crippen molar-refractivity contribution in [3.05, 3.63) is 18.5 Å². The lowest BCUT2D eigenvalue weighted by atomic mass is 10.3. The molecule has 0 saturated heterocycles. The summed E-state index contributed by atoms with van der Waals surface area (Å²) in [4.78, 5) is 11.1. The van der Waals surface area contributed by atoms with Crippen molar-refractivity contribution >= 4 is 5.91 Å². The summed E-state index contributed by atoms with van der Waals surface area (Å²) < 4.78 is 1.79. The molecule has 1 saturated carbocycles. The fourth-order valence-electron chi connectivity index (χ4n) is 1.40. The first-order valence-electron chi connectivity index (χ1n) is 4.93. The molecule has 0 unspecified atom stereocenters. The number of hydrogen-bond donors (Lipinski definition) is 1. The molecule has 80 valence electrons. The van der Waals surface area contributed by atoms with Gasteiger partial charge < -0.3 is 5.32 Å². The van der Waals surface area contributed by atoms with E-state index in [0.717, 1.165) is 12.8 Å². The molecular formula is C9H13N5O. The molecule has 6 heteroatoms. The molecule has 0 aromatic carbocycles. The Balaban J connectivity index is 2.10. The number of nitrogens with zero attached hydrogens (tertiary/aromatic N) is 4. The smallest absolute Gasteiger partial charge is 0.243 e. The first kappa shape index (κ1) is 9.82. The highest BCUT2D eigenvalue weighted by molar-refractivity contribution is 5.87. The zero-order valence-corrected chi connectivity index (χ0v) is 8.55. The van der Waals surface area contributed by atoms with E-state index in [9.17, 15) is 4.79 Å². The van der Waals surface area contributed by atoms with Gasteiger partial charge in [-0.15, -0.1) is 5.10 Å². The second-order valence-corrected chi connectivity index (χ2v) is 3.65. The molecule has 1 aromatic heterocycles. The quantitative estimate of drug-likeness (QED) is 0.724. The van der Waals surface area contributed by atoms with E-state index in [2.05, 4.69) is 27.4 Å². The molecule has 1 N–H and O–H groups in total. The Hall–Kier alpha value is -1.72. The molecule has 1 atom stereocenters. The van der Waals surface area contributed by atoms with Crippen LogP contribution in [0.3, 0.4) is 0 Å². The van der Waals surface area contributed by atoms with Crippen LogP contribution in [0.15, 0.2) is 12.7 Å². The molecule has 1 heterocycles.